The van der Waals surface area contributed by atoms with Gasteiger partial charge in [0, 0.05) is 6.04 Å². The third-order valence-corrected chi connectivity index (χ3v) is 1.96. The molecule has 4 heteroatoms. The van der Waals surface area contributed by atoms with Crippen molar-refractivity contribution in [2.24, 2.45) is 0 Å². The van der Waals surface area contributed by atoms with Gasteiger partial charge in [0.1, 0.15) is 0 Å². The maximum atomic E-state index is 5.34. The molecule has 1 aromatic rings. The van der Waals surface area contributed by atoms with Gasteiger partial charge in [-0.3, -0.25) is 0 Å². The van der Waals surface area contributed by atoms with Gasteiger partial charge in [-0.25, -0.2) is 0 Å². The van der Waals surface area contributed by atoms with Crippen LogP contribution in [-0.2, 0) is 0 Å². The number of anilines is 2. The largest absolute Gasteiger partial charge is 0.408 e. The lowest BCUT2D eigenvalue weighted by molar-refractivity contribution is 0.430. The van der Waals surface area contributed by atoms with Crippen molar-refractivity contribution in [2.75, 3.05) is 11.1 Å². The van der Waals surface area contributed by atoms with Crippen LogP contribution in [0.15, 0.2) is 10.6 Å². The molecule has 0 saturated heterocycles. The van der Waals surface area contributed by atoms with E-state index in [2.05, 4.69) is 10.3 Å². The lowest BCUT2D eigenvalue weighted by Gasteiger charge is -2.25. The highest BCUT2D eigenvalue weighted by Crippen LogP contribution is 2.23. The molecule has 2 rings (SSSR count). The molecule has 0 atom stereocenters. The van der Waals surface area contributed by atoms with Gasteiger partial charge in [0.05, 0.1) is 6.20 Å². The van der Waals surface area contributed by atoms with Crippen LogP contribution in [0.25, 0.3) is 0 Å². The predicted molar refractivity (Wildman–Crippen MR) is 42.2 cm³/mol. The number of rotatable bonds is 2. The lowest BCUT2D eigenvalue weighted by Crippen LogP contribution is -2.26. The molecule has 1 aliphatic rings. The fourth-order valence-electron chi connectivity index (χ4n) is 1.08. The molecule has 4 nitrogen and oxygen atoms in total. The topological polar surface area (TPSA) is 64.1 Å². The summed E-state index contributed by atoms with van der Waals surface area (Å²) in [6.45, 7) is 0. The van der Waals surface area contributed by atoms with Gasteiger partial charge < -0.3 is 15.5 Å². The zero-order valence-electron chi connectivity index (χ0n) is 6.21. The van der Waals surface area contributed by atoms with Gasteiger partial charge in [0.2, 0.25) is 5.88 Å². The Morgan fingerprint density at radius 3 is 2.91 bits per heavy atom. The molecule has 0 unspecified atom stereocenters. The minimum Gasteiger partial charge on any atom is -0.408 e. The summed E-state index contributed by atoms with van der Waals surface area (Å²) in [4.78, 5) is 3.93. The van der Waals surface area contributed by atoms with Crippen LogP contribution in [0.2, 0.25) is 0 Å². The minimum absolute atomic E-state index is 0.367. The Bertz CT molecular complexity index is 242. The zero-order valence-corrected chi connectivity index (χ0v) is 6.21. The third kappa shape index (κ3) is 1.29. The first-order chi connectivity index (χ1) is 5.34. The molecule has 0 aromatic carbocycles. The van der Waals surface area contributed by atoms with Crippen molar-refractivity contribution in [3.05, 3.63) is 6.20 Å². The highest BCUT2D eigenvalue weighted by molar-refractivity contribution is 5.30. The number of hydrogen-bond acceptors (Lipinski definition) is 4. The molecular weight excluding hydrogens is 142 g/mol. The summed E-state index contributed by atoms with van der Waals surface area (Å²) in [5.74, 6) is 0.367. The monoisotopic (exact) mass is 153 g/mol. The number of aromatic nitrogens is 1. The lowest BCUT2D eigenvalue weighted by atomic mass is 9.93. The van der Waals surface area contributed by atoms with Crippen LogP contribution >= 0.6 is 0 Å². The summed E-state index contributed by atoms with van der Waals surface area (Å²) in [6.07, 6.45) is 5.24. The van der Waals surface area contributed by atoms with Crippen molar-refractivity contribution in [1.29, 1.82) is 0 Å². The molecule has 1 aromatic heterocycles. The van der Waals surface area contributed by atoms with Crippen molar-refractivity contribution in [3.8, 4) is 0 Å². The van der Waals surface area contributed by atoms with Gasteiger partial charge >= 0.3 is 0 Å². The Morgan fingerprint density at radius 2 is 2.45 bits per heavy atom. The number of oxazole rings is 1. The maximum absolute atomic E-state index is 5.34. The second kappa shape index (κ2) is 2.45. The molecule has 0 spiro atoms. The summed E-state index contributed by atoms with van der Waals surface area (Å²) >= 11 is 0. The minimum atomic E-state index is 0.367. The Balaban J connectivity index is 1.95. The van der Waals surface area contributed by atoms with E-state index in [0.717, 1.165) is 0 Å². The fourth-order valence-corrected chi connectivity index (χ4v) is 1.08. The van der Waals surface area contributed by atoms with Crippen LogP contribution < -0.4 is 11.1 Å². The van der Waals surface area contributed by atoms with Crippen LogP contribution in [0.3, 0.4) is 0 Å². The number of nitrogens with zero attached hydrogens (tertiary/aromatic N) is 1. The molecule has 1 fully saturated rings. The van der Waals surface area contributed by atoms with Gasteiger partial charge in [0.25, 0.3) is 6.01 Å². The molecular formula is C7H11N3O. The van der Waals surface area contributed by atoms with E-state index in [0.29, 0.717) is 17.9 Å². The molecule has 1 saturated carbocycles. The molecule has 1 heterocycles. The highest BCUT2D eigenvalue weighted by Gasteiger charge is 2.18. The molecule has 0 radical (unpaired) electrons. The third-order valence-electron chi connectivity index (χ3n) is 1.96. The second-order valence-corrected chi connectivity index (χ2v) is 2.84. The van der Waals surface area contributed by atoms with E-state index in [4.69, 9.17) is 10.2 Å². The van der Waals surface area contributed by atoms with Crippen LogP contribution in [0.1, 0.15) is 19.3 Å². The van der Waals surface area contributed by atoms with Crippen molar-refractivity contribution in [2.45, 2.75) is 25.3 Å². The normalized spacial score (nSPS) is 17.8. The van der Waals surface area contributed by atoms with Gasteiger partial charge in [-0.2, -0.15) is 4.98 Å². The van der Waals surface area contributed by atoms with Crippen molar-refractivity contribution < 1.29 is 4.42 Å². The van der Waals surface area contributed by atoms with Crippen molar-refractivity contribution in [1.82, 2.24) is 4.98 Å². The van der Waals surface area contributed by atoms with Crippen molar-refractivity contribution >= 4 is 11.9 Å². The molecule has 0 amide bonds. The zero-order chi connectivity index (χ0) is 7.68. The van der Waals surface area contributed by atoms with Gasteiger partial charge in [-0.15, -0.1) is 0 Å². The average molecular weight is 153 g/mol. The molecule has 1 aliphatic carbocycles. The van der Waals surface area contributed by atoms with Gasteiger partial charge in [-0.1, -0.05) is 0 Å². The Hall–Kier alpha value is -1.19. The maximum Gasteiger partial charge on any atom is 0.296 e. The van der Waals surface area contributed by atoms with Gasteiger partial charge in [-0.05, 0) is 19.3 Å². The predicted octanol–water partition coefficient (Wildman–Crippen LogP) is 1.22. The first-order valence-corrected chi connectivity index (χ1v) is 3.82. The van der Waals surface area contributed by atoms with E-state index >= 15 is 0 Å². The second-order valence-electron chi connectivity index (χ2n) is 2.84. The SMILES string of the molecule is Nc1cnc(NC2CCC2)o1. The Morgan fingerprint density at radius 1 is 1.64 bits per heavy atom. The molecule has 11 heavy (non-hydrogen) atoms. The van der Waals surface area contributed by atoms with Crippen LogP contribution in [0, 0.1) is 0 Å². The number of nitrogen functional groups attached to an aromatic ring is 1. The summed E-state index contributed by atoms with van der Waals surface area (Å²) in [5, 5.41) is 3.14. The van der Waals surface area contributed by atoms with E-state index in [1.807, 2.05) is 0 Å². The van der Waals surface area contributed by atoms with Crippen LogP contribution in [-0.4, -0.2) is 11.0 Å². The summed E-state index contributed by atoms with van der Waals surface area (Å²) in [6, 6.07) is 1.10. The molecule has 60 valence electrons. The van der Waals surface area contributed by atoms with E-state index in [1.54, 1.807) is 0 Å². The van der Waals surface area contributed by atoms with E-state index < -0.39 is 0 Å². The van der Waals surface area contributed by atoms with E-state index in [9.17, 15) is 0 Å². The van der Waals surface area contributed by atoms with Crippen LogP contribution in [0.5, 0.6) is 0 Å². The average Bonchev–Trinajstić information content (AvgIpc) is 2.27. The first kappa shape index (κ1) is 6.52. The smallest absolute Gasteiger partial charge is 0.296 e. The summed E-state index contributed by atoms with van der Waals surface area (Å²) in [5.41, 5.74) is 5.34. The quantitative estimate of drug-likeness (QED) is 0.670. The number of nitrogens with one attached hydrogen (secondary N) is 1. The van der Waals surface area contributed by atoms with Crippen molar-refractivity contribution in [3.63, 3.8) is 0 Å². The Labute approximate surface area is 64.8 Å². The molecule has 3 N–H and O–H groups in total. The summed E-state index contributed by atoms with van der Waals surface area (Å²) in [7, 11) is 0. The first-order valence-electron chi connectivity index (χ1n) is 3.82. The standard InChI is InChI=1S/C7H11N3O/c8-6-4-9-7(11-6)10-5-2-1-3-5/h4-5H,1-3,8H2,(H,9,10). The number of nitrogens with two attached hydrogens (primary N) is 1. The fraction of sp³-hybridized carbons (Fsp3) is 0.571. The van der Waals surface area contributed by atoms with E-state index in [-0.39, 0.29) is 0 Å². The van der Waals surface area contributed by atoms with Crippen LogP contribution in [0.4, 0.5) is 11.9 Å². The molecule has 0 aliphatic heterocycles. The Kier molecular flexibility index (Phi) is 1.45. The summed E-state index contributed by atoms with van der Waals surface area (Å²) < 4.78 is 5.05. The van der Waals surface area contributed by atoms with Gasteiger partial charge in [0.15, 0.2) is 0 Å². The molecule has 0 bridgehead atoms. The van der Waals surface area contributed by atoms with E-state index in [1.165, 1.54) is 25.5 Å². The highest BCUT2D eigenvalue weighted by atomic mass is 16.4. The number of hydrogen-bond donors (Lipinski definition) is 2.